The largest absolute Gasteiger partial charge is 0.240 e. The standard InChI is InChI=1S/C17H19N3/c1-5-14(10-18)17-19-7-6-15(20-17)16-12(3)8-11(2)9-13(16)4/h6-9,14H,5H2,1-4H3. The van der Waals surface area contributed by atoms with Crippen molar-refractivity contribution in [3.63, 3.8) is 0 Å². The fourth-order valence-corrected chi connectivity index (χ4v) is 2.60. The lowest BCUT2D eigenvalue weighted by Crippen LogP contribution is -2.03. The van der Waals surface area contributed by atoms with Gasteiger partial charge in [0.2, 0.25) is 0 Å². The second-order valence-electron chi connectivity index (χ2n) is 5.16. The molecule has 20 heavy (non-hydrogen) atoms. The van der Waals surface area contributed by atoms with Gasteiger partial charge in [0.15, 0.2) is 0 Å². The first-order chi connectivity index (χ1) is 9.56. The van der Waals surface area contributed by atoms with Gasteiger partial charge < -0.3 is 0 Å². The van der Waals surface area contributed by atoms with Crippen molar-refractivity contribution in [1.82, 2.24) is 9.97 Å². The van der Waals surface area contributed by atoms with E-state index in [-0.39, 0.29) is 5.92 Å². The van der Waals surface area contributed by atoms with Crippen molar-refractivity contribution in [2.75, 3.05) is 0 Å². The highest BCUT2D eigenvalue weighted by Gasteiger charge is 2.14. The quantitative estimate of drug-likeness (QED) is 0.840. The van der Waals surface area contributed by atoms with E-state index in [1.54, 1.807) is 6.20 Å². The summed E-state index contributed by atoms with van der Waals surface area (Å²) >= 11 is 0. The molecule has 102 valence electrons. The minimum atomic E-state index is -0.235. The van der Waals surface area contributed by atoms with Crippen molar-refractivity contribution in [3.8, 4) is 17.3 Å². The van der Waals surface area contributed by atoms with Crippen molar-refractivity contribution >= 4 is 0 Å². The molecule has 3 heteroatoms. The molecule has 1 aromatic heterocycles. The van der Waals surface area contributed by atoms with E-state index in [0.717, 1.165) is 17.7 Å². The van der Waals surface area contributed by atoms with Crippen LogP contribution >= 0.6 is 0 Å². The van der Waals surface area contributed by atoms with E-state index in [1.165, 1.54) is 16.7 Å². The lowest BCUT2D eigenvalue weighted by atomic mass is 9.97. The normalized spacial score (nSPS) is 11.9. The second-order valence-corrected chi connectivity index (χ2v) is 5.16. The van der Waals surface area contributed by atoms with Crippen LogP contribution < -0.4 is 0 Å². The van der Waals surface area contributed by atoms with Crippen molar-refractivity contribution in [2.45, 2.75) is 40.0 Å². The zero-order valence-electron chi connectivity index (χ0n) is 12.4. The molecular formula is C17H19N3. The van der Waals surface area contributed by atoms with Gasteiger partial charge in [-0.2, -0.15) is 5.26 Å². The first kappa shape index (κ1) is 14.2. The van der Waals surface area contributed by atoms with Crippen LogP contribution in [-0.4, -0.2) is 9.97 Å². The van der Waals surface area contributed by atoms with E-state index in [4.69, 9.17) is 5.26 Å². The van der Waals surface area contributed by atoms with Gasteiger partial charge in [0.05, 0.1) is 11.8 Å². The van der Waals surface area contributed by atoms with Crippen LogP contribution in [0.25, 0.3) is 11.3 Å². The topological polar surface area (TPSA) is 49.6 Å². The summed E-state index contributed by atoms with van der Waals surface area (Å²) in [6, 6.07) is 8.49. The molecule has 0 N–H and O–H groups in total. The summed E-state index contributed by atoms with van der Waals surface area (Å²) in [6.45, 7) is 8.27. The number of nitriles is 1. The van der Waals surface area contributed by atoms with Gasteiger partial charge in [0.25, 0.3) is 0 Å². The number of aromatic nitrogens is 2. The SMILES string of the molecule is CCC(C#N)c1nccc(-c2c(C)cc(C)cc2C)n1. The Morgan fingerprint density at radius 3 is 2.40 bits per heavy atom. The van der Waals surface area contributed by atoms with E-state index in [1.807, 2.05) is 13.0 Å². The van der Waals surface area contributed by atoms with Gasteiger partial charge >= 0.3 is 0 Å². The molecule has 0 saturated heterocycles. The fraction of sp³-hybridized carbons (Fsp3) is 0.353. The zero-order chi connectivity index (χ0) is 14.7. The van der Waals surface area contributed by atoms with Crippen LogP contribution in [0.1, 0.15) is 41.8 Å². The van der Waals surface area contributed by atoms with E-state index < -0.39 is 0 Å². The molecule has 0 spiro atoms. The van der Waals surface area contributed by atoms with Crippen molar-refractivity contribution in [1.29, 1.82) is 5.26 Å². The monoisotopic (exact) mass is 265 g/mol. The number of benzene rings is 1. The summed E-state index contributed by atoms with van der Waals surface area (Å²) in [7, 11) is 0. The van der Waals surface area contributed by atoms with E-state index >= 15 is 0 Å². The second kappa shape index (κ2) is 5.83. The maximum absolute atomic E-state index is 9.16. The minimum Gasteiger partial charge on any atom is -0.240 e. The van der Waals surface area contributed by atoms with Crippen molar-refractivity contribution in [2.24, 2.45) is 0 Å². The Balaban J connectivity index is 2.55. The average molecular weight is 265 g/mol. The van der Waals surface area contributed by atoms with Crippen LogP contribution in [0.4, 0.5) is 0 Å². The summed E-state index contributed by atoms with van der Waals surface area (Å²) in [6.07, 6.45) is 2.47. The molecule has 0 radical (unpaired) electrons. The van der Waals surface area contributed by atoms with Crippen LogP contribution in [0.15, 0.2) is 24.4 Å². The zero-order valence-corrected chi connectivity index (χ0v) is 12.4. The summed E-state index contributed by atoms with van der Waals surface area (Å²) in [5, 5.41) is 9.16. The van der Waals surface area contributed by atoms with Crippen LogP contribution in [0.2, 0.25) is 0 Å². The summed E-state index contributed by atoms with van der Waals surface area (Å²) in [4.78, 5) is 8.85. The number of rotatable bonds is 3. The van der Waals surface area contributed by atoms with Gasteiger partial charge in [-0.3, -0.25) is 0 Å². The lowest BCUT2D eigenvalue weighted by Gasteiger charge is -2.12. The molecule has 0 aliphatic rings. The van der Waals surface area contributed by atoms with Gasteiger partial charge in [0.1, 0.15) is 11.7 Å². The molecule has 1 atom stereocenters. The number of hydrogen-bond donors (Lipinski definition) is 0. The predicted octanol–water partition coefficient (Wildman–Crippen LogP) is 4.09. The average Bonchev–Trinajstić information content (AvgIpc) is 2.39. The first-order valence-electron chi connectivity index (χ1n) is 6.87. The fourth-order valence-electron chi connectivity index (χ4n) is 2.60. The molecule has 2 aromatic rings. The summed E-state index contributed by atoms with van der Waals surface area (Å²) in [5.74, 6) is 0.382. The summed E-state index contributed by atoms with van der Waals surface area (Å²) < 4.78 is 0. The van der Waals surface area contributed by atoms with Gasteiger partial charge in [0, 0.05) is 11.8 Å². The van der Waals surface area contributed by atoms with Gasteiger partial charge in [-0.1, -0.05) is 24.6 Å². The molecule has 0 aliphatic heterocycles. The molecule has 0 aliphatic carbocycles. The Kier molecular flexibility index (Phi) is 4.14. The maximum Gasteiger partial charge on any atom is 0.146 e. The van der Waals surface area contributed by atoms with Gasteiger partial charge in [-0.25, -0.2) is 9.97 Å². The van der Waals surface area contributed by atoms with E-state index in [2.05, 4.69) is 48.9 Å². The third-order valence-electron chi connectivity index (χ3n) is 3.48. The van der Waals surface area contributed by atoms with Crippen molar-refractivity contribution < 1.29 is 0 Å². The minimum absolute atomic E-state index is 0.235. The predicted molar refractivity (Wildman–Crippen MR) is 80.3 cm³/mol. The van der Waals surface area contributed by atoms with Crippen LogP contribution in [0.3, 0.4) is 0 Å². The van der Waals surface area contributed by atoms with Crippen LogP contribution in [-0.2, 0) is 0 Å². The first-order valence-corrected chi connectivity index (χ1v) is 6.87. The third-order valence-corrected chi connectivity index (χ3v) is 3.48. The smallest absolute Gasteiger partial charge is 0.146 e. The number of hydrogen-bond acceptors (Lipinski definition) is 3. The summed E-state index contributed by atoms with van der Waals surface area (Å²) in [5.41, 5.74) is 5.71. The van der Waals surface area contributed by atoms with Crippen molar-refractivity contribution in [3.05, 3.63) is 46.9 Å². The molecule has 0 saturated carbocycles. The highest BCUT2D eigenvalue weighted by atomic mass is 14.9. The third kappa shape index (κ3) is 2.70. The molecule has 1 unspecified atom stereocenters. The Labute approximate surface area is 120 Å². The Bertz CT molecular complexity index is 645. The Morgan fingerprint density at radius 1 is 1.20 bits per heavy atom. The highest BCUT2D eigenvalue weighted by molar-refractivity contribution is 5.68. The molecule has 0 fully saturated rings. The molecule has 0 bridgehead atoms. The van der Waals surface area contributed by atoms with Gasteiger partial charge in [-0.15, -0.1) is 0 Å². The number of nitrogens with zero attached hydrogens (tertiary/aromatic N) is 3. The molecule has 1 heterocycles. The molecule has 1 aromatic carbocycles. The maximum atomic E-state index is 9.16. The van der Waals surface area contributed by atoms with E-state index in [9.17, 15) is 0 Å². The Hall–Kier alpha value is -2.21. The molecule has 3 nitrogen and oxygen atoms in total. The van der Waals surface area contributed by atoms with E-state index in [0.29, 0.717) is 5.82 Å². The lowest BCUT2D eigenvalue weighted by molar-refractivity contribution is 0.751. The Morgan fingerprint density at radius 2 is 1.85 bits per heavy atom. The van der Waals surface area contributed by atoms with Crippen LogP contribution in [0.5, 0.6) is 0 Å². The molecule has 2 rings (SSSR count). The number of aryl methyl sites for hydroxylation is 3. The highest BCUT2D eigenvalue weighted by Crippen LogP contribution is 2.27. The molecule has 0 amide bonds. The van der Waals surface area contributed by atoms with Crippen LogP contribution in [0, 0.1) is 32.1 Å². The molecular weight excluding hydrogens is 246 g/mol. The van der Waals surface area contributed by atoms with Gasteiger partial charge in [-0.05, 0) is 44.4 Å².